The molecule has 0 aliphatic rings. The minimum absolute atomic E-state index is 0.315. The van der Waals surface area contributed by atoms with Crippen molar-refractivity contribution in [2.24, 2.45) is 0 Å². The summed E-state index contributed by atoms with van der Waals surface area (Å²) in [6.07, 6.45) is -13.8. The third-order valence-corrected chi connectivity index (χ3v) is 2.95. The van der Waals surface area contributed by atoms with Crippen molar-refractivity contribution in [3.05, 3.63) is 33.9 Å². The van der Waals surface area contributed by atoms with E-state index in [-0.39, 0.29) is 0 Å². The average molecular weight is 400 g/mol. The van der Waals surface area contributed by atoms with E-state index in [0.29, 0.717) is 12.1 Å². The van der Waals surface area contributed by atoms with Gasteiger partial charge < -0.3 is 0 Å². The van der Waals surface area contributed by atoms with Crippen LogP contribution in [0.5, 0.6) is 0 Å². The molecular weight excluding hydrogens is 400 g/mol. The summed E-state index contributed by atoms with van der Waals surface area (Å²) in [6.45, 7) is 0. The summed E-state index contributed by atoms with van der Waals surface area (Å²) in [4.78, 5) is 0. The van der Waals surface area contributed by atoms with Crippen LogP contribution in [0.1, 0.15) is 22.3 Å². The maximum atomic E-state index is 13.7. The number of halogens is 12. The molecule has 0 amide bonds. The molecule has 0 saturated heterocycles. The fraction of sp³-hybridized carbons (Fsp3) is 0.333. The molecule has 0 atom stereocenters. The van der Waals surface area contributed by atoms with Gasteiger partial charge >= 0.3 is 24.2 Å². The van der Waals surface area contributed by atoms with E-state index in [1.54, 1.807) is 0 Å². The van der Waals surface area contributed by atoms with Crippen molar-refractivity contribution >= 4 is 0 Å². The zero-order valence-corrected chi connectivity index (χ0v) is 11.4. The van der Waals surface area contributed by atoms with Gasteiger partial charge in [-0.1, -0.05) is 0 Å². The first kappa shape index (κ1) is 21.4. The molecule has 0 fully saturated rings. The van der Waals surface area contributed by atoms with Crippen LogP contribution in [-0.4, -0.2) is 12.4 Å². The van der Waals surface area contributed by atoms with Gasteiger partial charge in [-0.3, -0.25) is 0 Å². The van der Waals surface area contributed by atoms with E-state index in [9.17, 15) is 52.7 Å². The van der Waals surface area contributed by atoms with E-state index in [0.717, 1.165) is 0 Å². The highest BCUT2D eigenvalue weighted by atomic mass is 19.4. The van der Waals surface area contributed by atoms with Gasteiger partial charge in [-0.05, 0) is 0 Å². The molecule has 142 valence electrons. The van der Waals surface area contributed by atoms with Crippen molar-refractivity contribution in [1.82, 2.24) is 0 Å². The highest BCUT2D eigenvalue weighted by molar-refractivity contribution is 5.58. The van der Waals surface area contributed by atoms with Crippen molar-refractivity contribution in [3.8, 4) is 12.1 Å². The van der Waals surface area contributed by atoms with Crippen molar-refractivity contribution in [2.45, 2.75) is 24.2 Å². The second-order valence-corrected chi connectivity index (χ2v) is 4.50. The standard InChI is InChI=1S/C12F12N2/c13-7-4(2-26)3(1-25)5(9(15,16)11(19,20)21)6(8(7)14)10(17,18)12(22,23)24. The molecule has 0 radical (unpaired) electrons. The smallest absolute Gasteiger partial charge is 0.203 e. The van der Waals surface area contributed by atoms with E-state index < -0.39 is 58.1 Å². The molecule has 1 aromatic carbocycles. The zero-order valence-electron chi connectivity index (χ0n) is 11.4. The molecule has 0 spiro atoms. The van der Waals surface area contributed by atoms with Crippen LogP contribution in [0.4, 0.5) is 52.7 Å². The van der Waals surface area contributed by atoms with E-state index in [4.69, 9.17) is 10.5 Å². The number of rotatable bonds is 2. The highest BCUT2D eigenvalue weighted by Gasteiger charge is 2.68. The molecule has 14 heteroatoms. The van der Waals surface area contributed by atoms with E-state index in [1.165, 1.54) is 0 Å². The second-order valence-electron chi connectivity index (χ2n) is 4.50. The molecule has 2 nitrogen and oxygen atoms in total. The van der Waals surface area contributed by atoms with Crippen LogP contribution in [0.25, 0.3) is 0 Å². The van der Waals surface area contributed by atoms with Crippen LogP contribution in [0, 0.1) is 34.3 Å². The predicted molar refractivity (Wildman–Crippen MR) is 55.7 cm³/mol. The Morgan fingerprint density at radius 1 is 0.538 bits per heavy atom. The lowest BCUT2D eigenvalue weighted by molar-refractivity contribution is -0.302. The van der Waals surface area contributed by atoms with Gasteiger partial charge in [0.25, 0.3) is 0 Å². The maximum absolute atomic E-state index is 13.7. The minimum Gasteiger partial charge on any atom is -0.203 e. The maximum Gasteiger partial charge on any atom is 0.458 e. The highest BCUT2D eigenvalue weighted by Crippen LogP contribution is 2.54. The Kier molecular flexibility index (Phi) is 4.91. The largest absolute Gasteiger partial charge is 0.458 e. The lowest BCUT2D eigenvalue weighted by atomic mass is 9.88. The summed E-state index contributed by atoms with van der Waals surface area (Å²) in [7, 11) is 0. The van der Waals surface area contributed by atoms with Crippen molar-refractivity contribution in [2.75, 3.05) is 0 Å². The SMILES string of the molecule is N#Cc1c(F)c(F)c(C(F)(F)C(F)(F)F)c(C(F)(F)C(F)(F)F)c1C#N. The topological polar surface area (TPSA) is 47.6 Å². The molecule has 26 heavy (non-hydrogen) atoms. The summed E-state index contributed by atoms with van der Waals surface area (Å²) in [5.74, 6) is -19.8. The van der Waals surface area contributed by atoms with Gasteiger partial charge in [0.05, 0.1) is 16.7 Å². The van der Waals surface area contributed by atoms with Crippen LogP contribution >= 0.6 is 0 Å². The van der Waals surface area contributed by atoms with Gasteiger partial charge in [0.2, 0.25) is 0 Å². The Bertz CT molecular complexity index is 819. The van der Waals surface area contributed by atoms with Crippen LogP contribution in [0.15, 0.2) is 0 Å². The van der Waals surface area contributed by atoms with Gasteiger partial charge in [-0.15, -0.1) is 0 Å². The predicted octanol–water partition coefficient (Wildman–Crippen LogP) is 5.02. The van der Waals surface area contributed by atoms with Crippen molar-refractivity contribution in [3.63, 3.8) is 0 Å². The molecule has 0 N–H and O–H groups in total. The zero-order chi connectivity index (χ0) is 20.9. The molecule has 0 bridgehead atoms. The third-order valence-electron chi connectivity index (χ3n) is 2.95. The van der Waals surface area contributed by atoms with Gasteiger partial charge in [0, 0.05) is 0 Å². The van der Waals surface area contributed by atoms with Crippen LogP contribution in [0.2, 0.25) is 0 Å². The van der Waals surface area contributed by atoms with Gasteiger partial charge in [0.15, 0.2) is 11.6 Å². The van der Waals surface area contributed by atoms with Crippen LogP contribution in [0.3, 0.4) is 0 Å². The molecule has 0 aromatic heterocycles. The molecule has 0 aliphatic carbocycles. The quantitative estimate of drug-likeness (QED) is 0.655. The Labute approximate surface area is 134 Å². The Balaban J connectivity index is 4.34. The lowest BCUT2D eigenvalue weighted by Gasteiger charge is -2.28. The Hall–Kier alpha value is -2.64. The van der Waals surface area contributed by atoms with E-state index in [1.807, 2.05) is 0 Å². The summed E-state index contributed by atoms with van der Waals surface area (Å²) < 4.78 is 156. The molecular formula is C12F12N2. The van der Waals surface area contributed by atoms with Gasteiger partial charge in [-0.2, -0.15) is 54.4 Å². The number of nitriles is 2. The Morgan fingerprint density at radius 3 is 1.19 bits per heavy atom. The molecule has 0 aliphatic heterocycles. The first-order valence-electron chi connectivity index (χ1n) is 5.72. The first-order chi connectivity index (χ1) is 11.5. The van der Waals surface area contributed by atoms with Gasteiger partial charge in [-0.25, -0.2) is 8.78 Å². The van der Waals surface area contributed by atoms with Crippen LogP contribution < -0.4 is 0 Å². The summed E-state index contributed by atoms with van der Waals surface area (Å²) in [5, 5.41) is 17.0. The second kappa shape index (κ2) is 5.96. The Morgan fingerprint density at radius 2 is 0.885 bits per heavy atom. The molecule has 1 rings (SSSR count). The number of nitrogens with zero attached hydrogens (tertiary/aromatic N) is 2. The lowest BCUT2D eigenvalue weighted by Crippen LogP contribution is -2.42. The monoisotopic (exact) mass is 400 g/mol. The number of hydrogen-bond acceptors (Lipinski definition) is 2. The third kappa shape index (κ3) is 2.89. The number of alkyl halides is 10. The molecule has 1 aromatic rings. The van der Waals surface area contributed by atoms with E-state index >= 15 is 0 Å². The fourth-order valence-corrected chi connectivity index (χ4v) is 1.80. The number of hydrogen-bond donors (Lipinski definition) is 0. The van der Waals surface area contributed by atoms with Crippen molar-refractivity contribution in [1.29, 1.82) is 10.5 Å². The minimum atomic E-state index is -6.93. The summed E-state index contributed by atoms with van der Waals surface area (Å²) >= 11 is 0. The summed E-state index contributed by atoms with van der Waals surface area (Å²) in [6, 6.07) is 0.788. The van der Waals surface area contributed by atoms with Crippen LogP contribution in [-0.2, 0) is 11.8 Å². The van der Waals surface area contributed by atoms with E-state index in [2.05, 4.69) is 0 Å². The molecule has 0 heterocycles. The molecule has 0 unspecified atom stereocenters. The molecule has 0 saturated carbocycles. The first-order valence-corrected chi connectivity index (χ1v) is 5.72. The fourth-order valence-electron chi connectivity index (χ4n) is 1.80. The van der Waals surface area contributed by atoms with Crippen molar-refractivity contribution < 1.29 is 52.7 Å². The average Bonchev–Trinajstić information content (AvgIpc) is 2.46. The number of benzene rings is 1. The normalized spacial score (nSPS) is 13.3. The van der Waals surface area contributed by atoms with Gasteiger partial charge in [0.1, 0.15) is 17.7 Å². The summed E-state index contributed by atoms with van der Waals surface area (Å²) in [5.41, 5.74) is -11.9.